The minimum absolute atomic E-state index is 0.950. The van der Waals surface area contributed by atoms with Crippen molar-refractivity contribution in [1.82, 2.24) is 4.98 Å². The molecule has 0 amide bonds. The van der Waals surface area contributed by atoms with Crippen LogP contribution in [0.1, 0.15) is 12.5 Å². The normalized spacial score (nSPS) is 10.1. The lowest BCUT2D eigenvalue weighted by Gasteiger charge is -2.07. The predicted molar refractivity (Wildman–Crippen MR) is 61.2 cm³/mol. The molecule has 72 valence electrons. The number of hydrogen-bond acceptors (Lipinski definition) is 3. The second-order valence-corrected chi connectivity index (χ2v) is 3.87. The smallest absolute Gasteiger partial charge is 0.187 e. The summed E-state index contributed by atoms with van der Waals surface area (Å²) in [6.45, 7) is 2.16. The first-order chi connectivity index (χ1) is 6.90. The lowest BCUT2D eigenvalue weighted by molar-refractivity contribution is 1.14. The van der Waals surface area contributed by atoms with E-state index in [0.29, 0.717) is 0 Å². The second kappa shape index (κ2) is 4.24. The van der Waals surface area contributed by atoms with Crippen molar-refractivity contribution in [2.75, 3.05) is 5.32 Å². The molecule has 0 spiro atoms. The van der Waals surface area contributed by atoms with Gasteiger partial charge >= 0.3 is 0 Å². The quantitative estimate of drug-likeness (QED) is 0.828. The molecule has 1 aromatic carbocycles. The van der Waals surface area contributed by atoms with Crippen LogP contribution in [0.15, 0.2) is 35.8 Å². The van der Waals surface area contributed by atoms with Crippen molar-refractivity contribution in [3.63, 3.8) is 0 Å². The largest absolute Gasteiger partial charge is 0.331 e. The van der Waals surface area contributed by atoms with Crippen molar-refractivity contribution in [2.45, 2.75) is 13.3 Å². The Bertz CT molecular complexity index is 395. The molecule has 2 nitrogen and oxygen atoms in total. The number of anilines is 2. The highest BCUT2D eigenvalue weighted by molar-refractivity contribution is 7.13. The minimum atomic E-state index is 0.950. The molecule has 14 heavy (non-hydrogen) atoms. The van der Waals surface area contributed by atoms with E-state index in [-0.39, 0.29) is 0 Å². The van der Waals surface area contributed by atoms with Gasteiger partial charge in [-0.15, -0.1) is 11.3 Å². The summed E-state index contributed by atoms with van der Waals surface area (Å²) in [6.07, 6.45) is 2.84. The van der Waals surface area contributed by atoms with Crippen molar-refractivity contribution in [3.05, 3.63) is 41.4 Å². The van der Waals surface area contributed by atoms with Crippen LogP contribution in [0, 0.1) is 0 Å². The highest BCUT2D eigenvalue weighted by Gasteiger charge is 2.00. The lowest BCUT2D eigenvalue weighted by Crippen LogP contribution is -1.93. The molecule has 0 saturated heterocycles. The molecule has 0 bridgehead atoms. The van der Waals surface area contributed by atoms with Gasteiger partial charge in [-0.1, -0.05) is 25.1 Å². The summed E-state index contributed by atoms with van der Waals surface area (Å²) in [5.41, 5.74) is 2.48. The fraction of sp³-hybridized carbons (Fsp3) is 0.182. The Labute approximate surface area is 87.6 Å². The average Bonchev–Trinajstić information content (AvgIpc) is 2.71. The molecule has 3 heteroatoms. The maximum Gasteiger partial charge on any atom is 0.187 e. The summed E-state index contributed by atoms with van der Waals surface area (Å²) >= 11 is 1.61. The Morgan fingerprint density at radius 1 is 1.36 bits per heavy atom. The molecule has 0 aliphatic rings. The van der Waals surface area contributed by atoms with Crippen LogP contribution in [-0.2, 0) is 6.42 Å². The Kier molecular flexibility index (Phi) is 2.79. The zero-order valence-corrected chi connectivity index (χ0v) is 8.84. The Morgan fingerprint density at radius 3 is 2.93 bits per heavy atom. The number of nitrogens with one attached hydrogen (secondary N) is 1. The third kappa shape index (κ3) is 1.93. The van der Waals surface area contributed by atoms with Crippen molar-refractivity contribution >= 4 is 22.2 Å². The summed E-state index contributed by atoms with van der Waals surface area (Å²) in [4.78, 5) is 4.19. The van der Waals surface area contributed by atoms with E-state index in [1.165, 1.54) is 5.56 Å². The third-order valence-electron chi connectivity index (χ3n) is 2.07. The molecule has 2 aromatic rings. The van der Waals surface area contributed by atoms with Crippen molar-refractivity contribution < 1.29 is 0 Å². The van der Waals surface area contributed by atoms with Gasteiger partial charge in [-0.05, 0) is 18.1 Å². The van der Waals surface area contributed by atoms with Crippen LogP contribution in [0.2, 0.25) is 0 Å². The maximum atomic E-state index is 4.19. The first-order valence-corrected chi connectivity index (χ1v) is 5.52. The topological polar surface area (TPSA) is 24.9 Å². The first-order valence-electron chi connectivity index (χ1n) is 4.64. The second-order valence-electron chi connectivity index (χ2n) is 2.97. The van der Waals surface area contributed by atoms with Gasteiger partial charge in [0.25, 0.3) is 0 Å². The number of aryl methyl sites for hydroxylation is 1. The van der Waals surface area contributed by atoms with Gasteiger partial charge in [-0.3, -0.25) is 0 Å². The van der Waals surface area contributed by atoms with Crippen LogP contribution in [-0.4, -0.2) is 4.98 Å². The standard InChI is InChI=1S/C11H12N2S/c1-2-9-5-3-4-6-10(9)13-11-12-7-8-14-11/h3-8H,2H2,1H3,(H,12,13). The average molecular weight is 204 g/mol. The molecule has 1 aromatic heterocycles. The van der Waals surface area contributed by atoms with Crippen LogP contribution >= 0.6 is 11.3 Å². The summed E-state index contributed by atoms with van der Waals surface area (Å²) in [7, 11) is 0. The highest BCUT2D eigenvalue weighted by atomic mass is 32.1. The van der Waals surface area contributed by atoms with E-state index < -0.39 is 0 Å². The van der Waals surface area contributed by atoms with Gasteiger partial charge in [0.15, 0.2) is 5.13 Å². The molecular weight excluding hydrogens is 192 g/mol. The molecule has 0 atom stereocenters. The molecule has 0 aliphatic heterocycles. The van der Waals surface area contributed by atoms with Crippen LogP contribution in [0.25, 0.3) is 0 Å². The highest BCUT2D eigenvalue weighted by Crippen LogP contribution is 2.22. The number of nitrogens with zero attached hydrogens (tertiary/aromatic N) is 1. The molecule has 0 aliphatic carbocycles. The van der Waals surface area contributed by atoms with Crippen molar-refractivity contribution in [3.8, 4) is 0 Å². The number of rotatable bonds is 3. The molecule has 1 N–H and O–H groups in total. The Hall–Kier alpha value is -1.35. The third-order valence-corrected chi connectivity index (χ3v) is 2.76. The van der Waals surface area contributed by atoms with Crippen LogP contribution in [0.5, 0.6) is 0 Å². The zero-order chi connectivity index (χ0) is 9.80. The summed E-state index contributed by atoms with van der Waals surface area (Å²) < 4.78 is 0. The Morgan fingerprint density at radius 2 is 2.21 bits per heavy atom. The van der Waals surface area contributed by atoms with Crippen molar-refractivity contribution in [1.29, 1.82) is 0 Å². The van der Waals surface area contributed by atoms with Gasteiger partial charge in [-0.25, -0.2) is 4.98 Å². The number of thiazole rings is 1. The molecule has 0 saturated carbocycles. The maximum absolute atomic E-state index is 4.19. The molecule has 0 radical (unpaired) electrons. The summed E-state index contributed by atoms with van der Waals surface area (Å²) in [6, 6.07) is 8.32. The number of benzene rings is 1. The van der Waals surface area contributed by atoms with E-state index in [1.54, 1.807) is 11.3 Å². The number of hydrogen-bond donors (Lipinski definition) is 1. The molecule has 0 fully saturated rings. The molecule has 0 unspecified atom stereocenters. The number of aromatic nitrogens is 1. The monoisotopic (exact) mass is 204 g/mol. The number of para-hydroxylation sites is 1. The van der Waals surface area contributed by atoms with E-state index in [9.17, 15) is 0 Å². The van der Waals surface area contributed by atoms with Gasteiger partial charge in [0, 0.05) is 17.3 Å². The lowest BCUT2D eigenvalue weighted by atomic mass is 10.1. The van der Waals surface area contributed by atoms with Crippen LogP contribution < -0.4 is 5.32 Å². The molecule has 2 rings (SSSR count). The van der Waals surface area contributed by atoms with Crippen molar-refractivity contribution in [2.24, 2.45) is 0 Å². The minimum Gasteiger partial charge on any atom is -0.331 e. The molecule has 1 heterocycles. The van der Waals surface area contributed by atoms with Crippen LogP contribution in [0.3, 0.4) is 0 Å². The van der Waals surface area contributed by atoms with E-state index in [0.717, 1.165) is 17.2 Å². The van der Waals surface area contributed by atoms with E-state index >= 15 is 0 Å². The van der Waals surface area contributed by atoms with E-state index in [1.807, 2.05) is 17.6 Å². The predicted octanol–water partition coefficient (Wildman–Crippen LogP) is 3.45. The zero-order valence-electron chi connectivity index (χ0n) is 8.03. The van der Waals surface area contributed by atoms with Crippen LogP contribution in [0.4, 0.5) is 10.8 Å². The summed E-state index contributed by atoms with van der Waals surface area (Å²) in [5, 5.41) is 6.23. The fourth-order valence-electron chi connectivity index (χ4n) is 1.35. The van der Waals surface area contributed by atoms with E-state index in [4.69, 9.17) is 0 Å². The van der Waals surface area contributed by atoms with Gasteiger partial charge in [0.2, 0.25) is 0 Å². The fourth-order valence-corrected chi connectivity index (χ4v) is 1.89. The SMILES string of the molecule is CCc1ccccc1Nc1nccs1. The van der Waals surface area contributed by atoms with Gasteiger partial charge in [0.05, 0.1) is 0 Å². The van der Waals surface area contributed by atoms with Gasteiger partial charge in [-0.2, -0.15) is 0 Å². The first kappa shape index (κ1) is 9.21. The molecular formula is C11H12N2S. The Balaban J connectivity index is 2.24. The van der Waals surface area contributed by atoms with Gasteiger partial charge < -0.3 is 5.32 Å². The summed E-state index contributed by atoms with van der Waals surface area (Å²) in [5.74, 6) is 0. The van der Waals surface area contributed by atoms with Gasteiger partial charge in [0.1, 0.15) is 0 Å². The van der Waals surface area contributed by atoms with E-state index in [2.05, 4.69) is 35.4 Å².